The molecule has 2 nitrogen and oxygen atoms in total. The van der Waals surface area contributed by atoms with Crippen molar-refractivity contribution in [3.8, 4) is 0 Å². The minimum Gasteiger partial charge on any atom is -0.330 e. The summed E-state index contributed by atoms with van der Waals surface area (Å²) < 4.78 is 14.2. The van der Waals surface area contributed by atoms with Gasteiger partial charge in [0, 0.05) is 18.2 Å². The van der Waals surface area contributed by atoms with Crippen LogP contribution in [0.4, 0.5) is 4.39 Å². The predicted molar refractivity (Wildman–Crippen MR) is 68.4 cm³/mol. The fourth-order valence-corrected chi connectivity index (χ4v) is 2.87. The lowest BCUT2D eigenvalue weighted by Crippen LogP contribution is -2.21. The van der Waals surface area contributed by atoms with E-state index in [1.165, 1.54) is 0 Å². The number of hydrogen-bond acceptors (Lipinski definition) is 2. The zero-order valence-electron chi connectivity index (χ0n) is 10.8. The number of hydrogen-bond donors (Lipinski definition) is 1. The van der Waals surface area contributed by atoms with Crippen LogP contribution in [-0.2, 0) is 0 Å². The molecule has 2 N–H and O–H groups in total. The van der Waals surface area contributed by atoms with Crippen LogP contribution in [0.5, 0.6) is 0 Å². The number of likely N-dealkylation sites (tertiary alicyclic amines) is 1. The molecule has 17 heavy (non-hydrogen) atoms. The van der Waals surface area contributed by atoms with E-state index in [0.29, 0.717) is 12.5 Å². The Bertz CT molecular complexity index is 417. The lowest BCUT2D eigenvalue weighted by Gasteiger charge is -2.21. The molecular weight excluding hydrogens is 215 g/mol. The molecule has 0 amide bonds. The Morgan fingerprint density at radius 3 is 2.71 bits per heavy atom. The zero-order valence-corrected chi connectivity index (χ0v) is 10.8. The summed E-state index contributed by atoms with van der Waals surface area (Å²) in [4.78, 5) is 2.22. The van der Waals surface area contributed by atoms with E-state index in [4.69, 9.17) is 5.73 Å². The molecule has 0 saturated carbocycles. The first-order valence-electron chi connectivity index (χ1n) is 6.20. The van der Waals surface area contributed by atoms with Crippen molar-refractivity contribution in [1.82, 2.24) is 4.90 Å². The van der Waals surface area contributed by atoms with Gasteiger partial charge >= 0.3 is 0 Å². The number of nitrogens with zero attached hydrogens (tertiary/aromatic N) is 1. The second-order valence-corrected chi connectivity index (χ2v) is 5.28. The summed E-state index contributed by atoms with van der Waals surface area (Å²) in [6.45, 7) is 5.51. The SMILES string of the molecule is Cc1cc(C)c(F)c(C2CC(CN)CN2C)c1. The van der Waals surface area contributed by atoms with E-state index in [0.717, 1.165) is 29.7 Å². The monoisotopic (exact) mass is 236 g/mol. The van der Waals surface area contributed by atoms with Crippen LogP contribution in [0.2, 0.25) is 0 Å². The Morgan fingerprint density at radius 1 is 1.41 bits per heavy atom. The second kappa shape index (κ2) is 4.75. The molecule has 1 fully saturated rings. The summed E-state index contributed by atoms with van der Waals surface area (Å²) in [6, 6.07) is 4.05. The largest absolute Gasteiger partial charge is 0.330 e. The average Bonchev–Trinajstić information content (AvgIpc) is 2.65. The van der Waals surface area contributed by atoms with Gasteiger partial charge in [-0.15, -0.1) is 0 Å². The summed E-state index contributed by atoms with van der Waals surface area (Å²) in [5.74, 6) is 0.440. The number of aryl methyl sites for hydroxylation is 2. The molecule has 1 aliphatic rings. The molecule has 2 rings (SSSR count). The Balaban J connectivity index is 2.34. The molecule has 0 aromatic heterocycles. The van der Waals surface area contributed by atoms with Gasteiger partial charge in [0.05, 0.1) is 0 Å². The predicted octanol–water partition coefficient (Wildman–Crippen LogP) is 2.39. The van der Waals surface area contributed by atoms with Crippen LogP contribution in [0, 0.1) is 25.6 Å². The van der Waals surface area contributed by atoms with Crippen LogP contribution in [0.1, 0.15) is 29.2 Å². The van der Waals surface area contributed by atoms with Gasteiger partial charge in [0.2, 0.25) is 0 Å². The Hall–Kier alpha value is -0.930. The topological polar surface area (TPSA) is 29.3 Å². The van der Waals surface area contributed by atoms with Gasteiger partial charge < -0.3 is 5.73 Å². The third-order valence-electron chi connectivity index (χ3n) is 3.75. The Morgan fingerprint density at radius 2 is 2.12 bits per heavy atom. The average molecular weight is 236 g/mol. The zero-order chi connectivity index (χ0) is 12.6. The maximum Gasteiger partial charge on any atom is 0.130 e. The molecule has 94 valence electrons. The molecule has 1 saturated heterocycles. The number of nitrogens with two attached hydrogens (primary N) is 1. The fraction of sp³-hybridized carbons (Fsp3) is 0.571. The standard InChI is InChI=1S/C14H21FN2/c1-9-4-10(2)14(15)12(5-9)13-6-11(7-16)8-17(13)3/h4-5,11,13H,6-8,16H2,1-3H3. The van der Waals surface area contributed by atoms with Crippen molar-refractivity contribution in [2.45, 2.75) is 26.3 Å². The summed E-state index contributed by atoms with van der Waals surface area (Å²) in [6.07, 6.45) is 0.965. The molecule has 0 radical (unpaired) electrons. The molecule has 2 unspecified atom stereocenters. The maximum atomic E-state index is 14.2. The van der Waals surface area contributed by atoms with Crippen LogP contribution in [0.3, 0.4) is 0 Å². The van der Waals surface area contributed by atoms with Crippen molar-refractivity contribution in [1.29, 1.82) is 0 Å². The highest BCUT2D eigenvalue weighted by atomic mass is 19.1. The van der Waals surface area contributed by atoms with E-state index in [-0.39, 0.29) is 11.9 Å². The van der Waals surface area contributed by atoms with Crippen molar-refractivity contribution >= 4 is 0 Å². The van der Waals surface area contributed by atoms with E-state index < -0.39 is 0 Å². The molecule has 1 aliphatic heterocycles. The van der Waals surface area contributed by atoms with Crippen LogP contribution in [0.25, 0.3) is 0 Å². The van der Waals surface area contributed by atoms with Crippen LogP contribution in [-0.4, -0.2) is 25.0 Å². The van der Waals surface area contributed by atoms with Gasteiger partial charge in [-0.3, -0.25) is 4.90 Å². The fourth-order valence-electron chi connectivity index (χ4n) is 2.87. The van der Waals surface area contributed by atoms with Crippen LogP contribution >= 0.6 is 0 Å². The summed E-state index contributed by atoms with van der Waals surface area (Å²) in [5.41, 5.74) is 8.42. The van der Waals surface area contributed by atoms with E-state index in [9.17, 15) is 4.39 Å². The molecule has 3 heteroatoms. The van der Waals surface area contributed by atoms with E-state index in [1.54, 1.807) is 0 Å². The highest BCUT2D eigenvalue weighted by Crippen LogP contribution is 2.36. The van der Waals surface area contributed by atoms with Gasteiger partial charge in [0.25, 0.3) is 0 Å². The van der Waals surface area contributed by atoms with Gasteiger partial charge in [-0.2, -0.15) is 0 Å². The van der Waals surface area contributed by atoms with Gasteiger partial charge in [0.15, 0.2) is 0 Å². The summed E-state index contributed by atoms with van der Waals surface area (Å²) in [7, 11) is 2.05. The van der Waals surface area contributed by atoms with Gasteiger partial charge in [-0.1, -0.05) is 17.7 Å². The van der Waals surface area contributed by atoms with Crippen molar-refractivity contribution in [3.05, 3.63) is 34.6 Å². The molecular formula is C14H21FN2. The third kappa shape index (κ3) is 2.35. The Labute approximate surface area is 103 Å². The van der Waals surface area contributed by atoms with E-state index in [1.807, 2.05) is 26.0 Å². The van der Waals surface area contributed by atoms with Crippen LogP contribution < -0.4 is 5.73 Å². The van der Waals surface area contributed by atoms with Crippen molar-refractivity contribution in [2.75, 3.05) is 20.1 Å². The molecule has 0 aliphatic carbocycles. The molecule has 1 aromatic rings. The molecule has 2 atom stereocenters. The first kappa shape index (κ1) is 12.5. The quantitative estimate of drug-likeness (QED) is 0.854. The van der Waals surface area contributed by atoms with Crippen molar-refractivity contribution < 1.29 is 4.39 Å². The van der Waals surface area contributed by atoms with Gasteiger partial charge in [-0.05, 0) is 45.3 Å². The summed E-state index contributed by atoms with van der Waals surface area (Å²) >= 11 is 0. The van der Waals surface area contributed by atoms with Crippen molar-refractivity contribution in [3.63, 3.8) is 0 Å². The molecule has 1 heterocycles. The normalized spacial score (nSPS) is 25.5. The molecule has 1 aromatic carbocycles. The van der Waals surface area contributed by atoms with Crippen molar-refractivity contribution in [2.24, 2.45) is 11.7 Å². The van der Waals surface area contributed by atoms with Gasteiger partial charge in [0.1, 0.15) is 5.82 Å². The maximum absolute atomic E-state index is 14.2. The second-order valence-electron chi connectivity index (χ2n) is 5.28. The summed E-state index contributed by atoms with van der Waals surface area (Å²) in [5, 5.41) is 0. The van der Waals surface area contributed by atoms with Gasteiger partial charge in [-0.25, -0.2) is 4.39 Å². The number of rotatable bonds is 2. The highest BCUT2D eigenvalue weighted by molar-refractivity contribution is 5.33. The Kier molecular flexibility index (Phi) is 3.50. The number of halogens is 1. The number of benzene rings is 1. The lowest BCUT2D eigenvalue weighted by molar-refractivity contribution is 0.306. The minimum atomic E-state index is -0.0508. The first-order valence-corrected chi connectivity index (χ1v) is 6.20. The smallest absolute Gasteiger partial charge is 0.130 e. The lowest BCUT2D eigenvalue weighted by atomic mass is 9.96. The van der Waals surface area contributed by atoms with Crippen LogP contribution in [0.15, 0.2) is 12.1 Å². The van der Waals surface area contributed by atoms with E-state index >= 15 is 0 Å². The third-order valence-corrected chi connectivity index (χ3v) is 3.75. The highest BCUT2D eigenvalue weighted by Gasteiger charge is 2.31. The molecule has 0 bridgehead atoms. The first-order chi connectivity index (χ1) is 8.02. The molecule has 0 spiro atoms. The minimum absolute atomic E-state index is 0.0508. The van der Waals surface area contributed by atoms with E-state index in [2.05, 4.69) is 11.9 Å².